The number of aliphatic carboxylic acids is 1. The van der Waals surface area contributed by atoms with Crippen LogP contribution in [0.25, 0.3) is 0 Å². The van der Waals surface area contributed by atoms with Crippen molar-refractivity contribution in [2.45, 2.75) is 51.6 Å². The fourth-order valence-electron chi connectivity index (χ4n) is 2.89. The minimum atomic E-state index is -0.679. The van der Waals surface area contributed by atoms with Gasteiger partial charge in [0.15, 0.2) is 0 Å². The van der Waals surface area contributed by atoms with Gasteiger partial charge in [0, 0.05) is 19.0 Å². The first-order chi connectivity index (χ1) is 9.16. The molecule has 0 radical (unpaired) electrons. The van der Waals surface area contributed by atoms with Gasteiger partial charge >= 0.3 is 5.97 Å². The van der Waals surface area contributed by atoms with Crippen LogP contribution in [-0.4, -0.2) is 28.6 Å². The molecular weight excluding hydrogens is 238 g/mol. The van der Waals surface area contributed by atoms with Crippen LogP contribution in [0.5, 0.6) is 0 Å². The number of carboxylic acid groups (broad SMARTS) is 1. The molecule has 1 N–H and O–H groups in total. The number of piperidine rings is 1. The van der Waals surface area contributed by atoms with Gasteiger partial charge in [-0.15, -0.1) is 0 Å². The van der Waals surface area contributed by atoms with E-state index in [1.165, 1.54) is 24.0 Å². The molecule has 1 heterocycles. The lowest BCUT2D eigenvalue weighted by Gasteiger charge is -2.36. The SMILES string of the molecule is Cc1ccccc1CN1CCCCC1CCC(=O)O. The first-order valence-corrected chi connectivity index (χ1v) is 7.17. The molecule has 1 atom stereocenters. The van der Waals surface area contributed by atoms with E-state index < -0.39 is 5.97 Å². The molecule has 0 saturated carbocycles. The summed E-state index contributed by atoms with van der Waals surface area (Å²) in [6.45, 7) is 4.20. The molecule has 0 spiro atoms. The summed E-state index contributed by atoms with van der Waals surface area (Å²) >= 11 is 0. The first kappa shape index (κ1) is 14.1. The normalized spacial score (nSPS) is 20.4. The molecule has 1 aliphatic rings. The van der Waals surface area contributed by atoms with Crippen molar-refractivity contribution in [2.24, 2.45) is 0 Å². The summed E-state index contributed by atoms with van der Waals surface area (Å²) in [7, 11) is 0. The van der Waals surface area contributed by atoms with Crippen LogP contribution in [0, 0.1) is 6.92 Å². The molecule has 1 saturated heterocycles. The molecule has 0 amide bonds. The maximum atomic E-state index is 10.7. The zero-order valence-electron chi connectivity index (χ0n) is 11.6. The number of likely N-dealkylation sites (tertiary alicyclic amines) is 1. The zero-order chi connectivity index (χ0) is 13.7. The van der Waals surface area contributed by atoms with Gasteiger partial charge in [0.25, 0.3) is 0 Å². The molecule has 0 bridgehead atoms. The Morgan fingerprint density at radius 1 is 1.37 bits per heavy atom. The van der Waals surface area contributed by atoms with E-state index in [1.54, 1.807) is 0 Å². The second kappa shape index (κ2) is 6.71. The van der Waals surface area contributed by atoms with E-state index in [0.29, 0.717) is 6.04 Å². The zero-order valence-corrected chi connectivity index (χ0v) is 11.6. The number of hydrogen-bond acceptors (Lipinski definition) is 2. The van der Waals surface area contributed by atoms with Gasteiger partial charge in [-0.3, -0.25) is 9.69 Å². The Hall–Kier alpha value is -1.35. The molecule has 1 fully saturated rings. The fourth-order valence-corrected chi connectivity index (χ4v) is 2.89. The lowest BCUT2D eigenvalue weighted by Crippen LogP contribution is -2.39. The molecule has 2 rings (SSSR count). The predicted molar refractivity (Wildman–Crippen MR) is 76.1 cm³/mol. The van der Waals surface area contributed by atoms with E-state index in [0.717, 1.165) is 25.9 Å². The maximum absolute atomic E-state index is 10.7. The standard InChI is InChI=1S/C16H23NO2/c1-13-6-2-3-7-14(13)12-17-11-5-4-8-15(17)9-10-16(18)19/h2-3,6-7,15H,4-5,8-12H2,1H3,(H,18,19). The van der Waals surface area contributed by atoms with Crippen molar-refractivity contribution >= 4 is 5.97 Å². The third kappa shape index (κ3) is 4.06. The van der Waals surface area contributed by atoms with Gasteiger partial charge in [0.1, 0.15) is 0 Å². The van der Waals surface area contributed by atoms with Crippen molar-refractivity contribution in [1.82, 2.24) is 4.90 Å². The summed E-state index contributed by atoms with van der Waals surface area (Å²) in [4.78, 5) is 13.2. The molecule has 1 aromatic rings. The Kier molecular flexibility index (Phi) is 4.97. The summed E-state index contributed by atoms with van der Waals surface area (Å²) in [6, 6.07) is 8.91. The highest BCUT2D eigenvalue weighted by Crippen LogP contribution is 2.23. The Bertz CT molecular complexity index is 431. The van der Waals surface area contributed by atoms with Gasteiger partial charge in [-0.25, -0.2) is 0 Å². The second-order valence-corrected chi connectivity index (χ2v) is 5.48. The van der Waals surface area contributed by atoms with E-state index in [9.17, 15) is 4.79 Å². The van der Waals surface area contributed by atoms with Gasteiger partial charge in [-0.1, -0.05) is 30.7 Å². The Labute approximate surface area is 115 Å². The molecule has 0 aliphatic carbocycles. The van der Waals surface area contributed by atoms with Crippen LogP contribution >= 0.6 is 0 Å². The van der Waals surface area contributed by atoms with Crippen LogP contribution in [0.2, 0.25) is 0 Å². The quantitative estimate of drug-likeness (QED) is 0.884. The van der Waals surface area contributed by atoms with Crippen molar-refractivity contribution in [2.75, 3.05) is 6.54 Å². The highest BCUT2D eigenvalue weighted by atomic mass is 16.4. The number of aryl methyl sites for hydroxylation is 1. The third-order valence-electron chi connectivity index (χ3n) is 4.08. The number of nitrogens with zero attached hydrogens (tertiary/aromatic N) is 1. The Balaban J connectivity index is 1.99. The summed E-state index contributed by atoms with van der Waals surface area (Å²) in [5.74, 6) is -0.679. The van der Waals surface area contributed by atoms with Crippen LogP contribution in [-0.2, 0) is 11.3 Å². The van der Waals surface area contributed by atoms with Crippen molar-refractivity contribution in [3.63, 3.8) is 0 Å². The monoisotopic (exact) mass is 261 g/mol. The number of carboxylic acids is 1. The molecule has 3 nitrogen and oxygen atoms in total. The molecule has 1 aliphatic heterocycles. The van der Waals surface area contributed by atoms with Gasteiger partial charge in [0.2, 0.25) is 0 Å². The minimum absolute atomic E-state index is 0.287. The highest BCUT2D eigenvalue weighted by molar-refractivity contribution is 5.66. The van der Waals surface area contributed by atoms with Crippen molar-refractivity contribution in [3.8, 4) is 0 Å². The molecule has 3 heteroatoms. The lowest BCUT2D eigenvalue weighted by molar-refractivity contribution is -0.137. The topological polar surface area (TPSA) is 40.5 Å². The highest BCUT2D eigenvalue weighted by Gasteiger charge is 2.23. The lowest BCUT2D eigenvalue weighted by atomic mass is 9.96. The van der Waals surface area contributed by atoms with E-state index in [2.05, 4.69) is 36.1 Å². The minimum Gasteiger partial charge on any atom is -0.481 e. The predicted octanol–water partition coefficient (Wildman–Crippen LogP) is 3.21. The molecule has 1 aromatic carbocycles. The van der Waals surface area contributed by atoms with Gasteiger partial charge in [-0.05, 0) is 43.9 Å². The molecule has 104 valence electrons. The summed E-state index contributed by atoms with van der Waals surface area (Å²) in [5.41, 5.74) is 2.69. The number of rotatable bonds is 5. The van der Waals surface area contributed by atoms with Crippen LogP contribution in [0.4, 0.5) is 0 Å². The second-order valence-electron chi connectivity index (χ2n) is 5.48. The number of carbonyl (C=O) groups is 1. The number of hydrogen-bond donors (Lipinski definition) is 1. The molecular formula is C16H23NO2. The Morgan fingerprint density at radius 3 is 2.89 bits per heavy atom. The van der Waals surface area contributed by atoms with Gasteiger partial charge < -0.3 is 5.11 Å². The fraction of sp³-hybridized carbons (Fsp3) is 0.562. The molecule has 0 aromatic heterocycles. The van der Waals surface area contributed by atoms with Crippen LogP contribution < -0.4 is 0 Å². The summed E-state index contributed by atoms with van der Waals surface area (Å²) in [6.07, 6.45) is 4.67. The maximum Gasteiger partial charge on any atom is 0.303 e. The van der Waals surface area contributed by atoms with Crippen molar-refractivity contribution in [1.29, 1.82) is 0 Å². The largest absolute Gasteiger partial charge is 0.481 e. The van der Waals surface area contributed by atoms with Crippen LogP contribution in [0.15, 0.2) is 24.3 Å². The number of benzene rings is 1. The Morgan fingerprint density at radius 2 is 2.16 bits per heavy atom. The van der Waals surface area contributed by atoms with Crippen LogP contribution in [0.1, 0.15) is 43.2 Å². The van der Waals surface area contributed by atoms with E-state index >= 15 is 0 Å². The van der Waals surface area contributed by atoms with Gasteiger partial charge in [-0.2, -0.15) is 0 Å². The van der Waals surface area contributed by atoms with Crippen LogP contribution in [0.3, 0.4) is 0 Å². The first-order valence-electron chi connectivity index (χ1n) is 7.17. The average Bonchev–Trinajstić information content (AvgIpc) is 2.40. The third-order valence-corrected chi connectivity index (χ3v) is 4.08. The van der Waals surface area contributed by atoms with Gasteiger partial charge in [0.05, 0.1) is 0 Å². The van der Waals surface area contributed by atoms with E-state index in [1.807, 2.05) is 0 Å². The summed E-state index contributed by atoms with van der Waals surface area (Å²) in [5, 5.41) is 8.85. The summed E-state index contributed by atoms with van der Waals surface area (Å²) < 4.78 is 0. The van der Waals surface area contributed by atoms with Crippen molar-refractivity contribution in [3.05, 3.63) is 35.4 Å². The molecule has 1 unspecified atom stereocenters. The average molecular weight is 261 g/mol. The smallest absolute Gasteiger partial charge is 0.303 e. The van der Waals surface area contributed by atoms with Crippen molar-refractivity contribution < 1.29 is 9.90 Å². The van der Waals surface area contributed by atoms with E-state index in [4.69, 9.17) is 5.11 Å². The van der Waals surface area contributed by atoms with E-state index in [-0.39, 0.29) is 6.42 Å². The molecule has 19 heavy (non-hydrogen) atoms.